The van der Waals surface area contributed by atoms with Crippen molar-refractivity contribution in [3.8, 4) is 0 Å². The molecule has 2 aromatic rings. The van der Waals surface area contributed by atoms with E-state index >= 15 is 0 Å². The number of anilines is 2. The number of ether oxygens (including phenoxy) is 2. The Bertz CT molecular complexity index is 835. The Labute approximate surface area is 164 Å². The number of amides is 1. The van der Waals surface area contributed by atoms with Crippen LogP contribution in [-0.2, 0) is 22.3 Å². The molecule has 148 valence electrons. The van der Waals surface area contributed by atoms with Crippen molar-refractivity contribution in [1.29, 1.82) is 0 Å². The molecule has 0 saturated carbocycles. The Morgan fingerprint density at radius 3 is 2.75 bits per heavy atom. The Balaban J connectivity index is 1.70. The zero-order chi connectivity index (χ0) is 19.5. The van der Waals surface area contributed by atoms with Crippen LogP contribution in [0.3, 0.4) is 0 Å². The second-order valence-corrected chi connectivity index (χ2v) is 7.29. The minimum Gasteiger partial charge on any atom is -0.381 e. The minimum atomic E-state index is -0.198. The van der Waals surface area contributed by atoms with Crippen molar-refractivity contribution in [1.82, 2.24) is 15.2 Å². The SMILES string of the molecule is C[C@@H]1CN(c2cc(C(=O)Nc3cccnn3)c3c(n2)CCOCC3)C[C@H](C)O1. The van der Waals surface area contributed by atoms with Gasteiger partial charge >= 0.3 is 0 Å². The average molecular weight is 383 g/mol. The first-order chi connectivity index (χ1) is 13.6. The quantitative estimate of drug-likeness (QED) is 0.865. The van der Waals surface area contributed by atoms with Gasteiger partial charge in [-0.25, -0.2) is 4.98 Å². The number of aromatic nitrogens is 3. The number of nitrogens with zero attached hydrogens (tertiary/aromatic N) is 4. The first-order valence-corrected chi connectivity index (χ1v) is 9.70. The maximum absolute atomic E-state index is 13.1. The fourth-order valence-corrected chi connectivity index (χ4v) is 3.82. The molecule has 2 aromatic heterocycles. The fourth-order valence-electron chi connectivity index (χ4n) is 3.82. The third kappa shape index (κ3) is 4.13. The zero-order valence-electron chi connectivity index (χ0n) is 16.2. The van der Waals surface area contributed by atoms with Gasteiger partial charge in [-0.3, -0.25) is 4.79 Å². The number of rotatable bonds is 3. The number of carbonyl (C=O) groups excluding carboxylic acids is 1. The number of morpholine rings is 1. The molecule has 1 saturated heterocycles. The highest BCUT2D eigenvalue weighted by Gasteiger charge is 2.27. The summed E-state index contributed by atoms with van der Waals surface area (Å²) in [6, 6.07) is 5.35. The van der Waals surface area contributed by atoms with Crippen molar-refractivity contribution in [2.24, 2.45) is 0 Å². The molecule has 1 amide bonds. The lowest BCUT2D eigenvalue weighted by molar-refractivity contribution is -0.00547. The number of nitrogens with one attached hydrogen (secondary N) is 1. The van der Waals surface area contributed by atoms with E-state index in [0.29, 0.717) is 37.4 Å². The lowest BCUT2D eigenvalue weighted by atomic mass is 10.0. The molecule has 4 rings (SSSR count). The van der Waals surface area contributed by atoms with Crippen molar-refractivity contribution in [2.75, 3.05) is 36.5 Å². The summed E-state index contributed by atoms with van der Waals surface area (Å²) in [4.78, 5) is 20.2. The number of carbonyl (C=O) groups is 1. The van der Waals surface area contributed by atoms with E-state index in [1.54, 1.807) is 18.3 Å². The van der Waals surface area contributed by atoms with Crippen LogP contribution >= 0.6 is 0 Å². The number of hydrogen-bond donors (Lipinski definition) is 1. The Hall–Kier alpha value is -2.58. The van der Waals surface area contributed by atoms with Crippen LogP contribution < -0.4 is 10.2 Å². The predicted molar refractivity (Wildman–Crippen MR) is 105 cm³/mol. The van der Waals surface area contributed by atoms with Gasteiger partial charge in [0.2, 0.25) is 0 Å². The maximum Gasteiger partial charge on any atom is 0.257 e. The summed E-state index contributed by atoms with van der Waals surface area (Å²) in [6.45, 7) is 6.81. The average Bonchev–Trinajstić information content (AvgIpc) is 2.92. The first kappa shape index (κ1) is 18.8. The van der Waals surface area contributed by atoms with E-state index in [9.17, 15) is 4.79 Å². The third-order valence-corrected chi connectivity index (χ3v) is 4.98. The molecule has 8 nitrogen and oxygen atoms in total. The predicted octanol–water partition coefficient (Wildman–Crippen LogP) is 1.85. The van der Waals surface area contributed by atoms with Crippen molar-refractivity contribution in [3.63, 3.8) is 0 Å². The molecule has 0 unspecified atom stereocenters. The largest absolute Gasteiger partial charge is 0.381 e. The summed E-state index contributed by atoms with van der Waals surface area (Å²) in [5.74, 6) is 1.04. The lowest BCUT2D eigenvalue weighted by Crippen LogP contribution is -2.46. The van der Waals surface area contributed by atoms with Gasteiger partial charge in [-0.1, -0.05) is 0 Å². The van der Waals surface area contributed by atoms with Crippen LogP contribution in [0.25, 0.3) is 0 Å². The zero-order valence-corrected chi connectivity index (χ0v) is 16.2. The van der Waals surface area contributed by atoms with Gasteiger partial charge in [0.25, 0.3) is 5.91 Å². The van der Waals surface area contributed by atoms with Gasteiger partial charge < -0.3 is 19.7 Å². The van der Waals surface area contributed by atoms with E-state index in [4.69, 9.17) is 14.5 Å². The maximum atomic E-state index is 13.1. The van der Waals surface area contributed by atoms with Crippen molar-refractivity contribution in [3.05, 3.63) is 41.2 Å². The van der Waals surface area contributed by atoms with E-state index in [2.05, 4.69) is 34.3 Å². The monoisotopic (exact) mass is 383 g/mol. The molecule has 1 N–H and O–H groups in total. The third-order valence-electron chi connectivity index (χ3n) is 4.98. The highest BCUT2D eigenvalue weighted by Crippen LogP contribution is 2.26. The van der Waals surface area contributed by atoms with Gasteiger partial charge in [-0.2, -0.15) is 5.10 Å². The molecule has 0 radical (unpaired) electrons. The molecule has 2 aliphatic rings. The number of hydrogen-bond acceptors (Lipinski definition) is 7. The van der Waals surface area contributed by atoms with Crippen LogP contribution in [0.1, 0.15) is 35.5 Å². The Morgan fingerprint density at radius 2 is 2.00 bits per heavy atom. The molecule has 0 aliphatic carbocycles. The summed E-state index contributed by atoms with van der Waals surface area (Å²) < 4.78 is 11.5. The molecular weight excluding hydrogens is 358 g/mol. The van der Waals surface area contributed by atoms with E-state index in [0.717, 1.165) is 30.2 Å². The molecule has 28 heavy (non-hydrogen) atoms. The summed E-state index contributed by atoms with van der Waals surface area (Å²) in [7, 11) is 0. The Kier molecular flexibility index (Phi) is 5.50. The van der Waals surface area contributed by atoms with E-state index in [-0.39, 0.29) is 18.1 Å². The molecule has 8 heteroatoms. The molecular formula is C20H25N5O3. The van der Waals surface area contributed by atoms with E-state index in [1.165, 1.54) is 0 Å². The molecule has 0 spiro atoms. The highest BCUT2D eigenvalue weighted by molar-refractivity contribution is 6.05. The summed E-state index contributed by atoms with van der Waals surface area (Å²) in [5.41, 5.74) is 2.52. The van der Waals surface area contributed by atoms with Gasteiger partial charge in [0.15, 0.2) is 5.82 Å². The smallest absolute Gasteiger partial charge is 0.257 e. The topological polar surface area (TPSA) is 89.5 Å². The molecule has 4 heterocycles. The molecule has 1 fully saturated rings. The Morgan fingerprint density at radius 1 is 1.21 bits per heavy atom. The van der Waals surface area contributed by atoms with Crippen LogP contribution in [0.2, 0.25) is 0 Å². The molecule has 0 bridgehead atoms. The van der Waals surface area contributed by atoms with Gasteiger partial charge in [0.1, 0.15) is 5.82 Å². The van der Waals surface area contributed by atoms with Gasteiger partial charge in [-0.05, 0) is 44.0 Å². The van der Waals surface area contributed by atoms with Crippen LogP contribution in [-0.4, -0.2) is 59.6 Å². The minimum absolute atomic E-state index is 0.115. The van der Waals surface area contributed by atoms with Crippen LogP contribution in [0.15, 0.2) is 24.4 Å². The summed E-state index contributed by atoms with van der Waals surface area (Å²) in [6.07, 6.45) is 3.17. The fraction of sp³-hybridized carbons (Fsp3) is 0.500. The normalized spacial score (nSPS) is 22.3. The summed E-state index contributed by atoms with van der Waals surface area (Å²) >= 11 is 0. The standard InChI is InChI=1S/C20H25N5O3/c1-13-11-25(12-14(2)28-13)19-10-16(15-5-8-27-9-6-17(15)22-19)20(26)23-18-4-3-7-21-24-18/h3-4,7,10,13-14H,5-6,8-9,11-12H2,1-2H3,(H,23,24,26)/t13-,14+. The second-order valence-electron chi connectivity index (χ2n) is 7.29. The lowest BCUT2D eigenvalue weighted by Gasteiger charge is -2.36. The van der Waals surface area contributed by atoms with Crippen LogP contribution in [0.4, 0.5) is 11.6 Å². The van der Waals surface area contributed by atoms with Crippen LogP contribution in [0, 0.1) is 0 Å². The first-order valence-electron chi connectivity index (χ1n) is 9.70. The van der Waals surface area contributed by atoms with Gasteiger partial charge in [0, 0.05) is 37.0 Å². The number of pyridine rings is 1. The van der Waals surface area contributed by atoms with E-state index < -0.39 is 0 Å². The highest BCUT2D eigenvalue weighted by atomic mass is 16.5. The molecule has 2 aliphatic heterocycles. The van der Waals surface area contributed by atoms with Crippen molar-refractivity contribution >= 4 is 17.5 Å². The van der Waals surface area contributed by atoms with Gasteiger partial charge in [0.05, 0.1) is 25.4 Å². The van der Waals surface area contributed by atoms with Crippen LogP contribution in [0.5, 0.6) is 0 Å². The number of fused-ring (bicyclic) bond motifs is 1. The molecule has 2 atom stereocenters. The second kappa shape index (κ2) is 8.20. The van der Waals surface area contributed by atoms with E-state index in [1.807, 2.05) is 6.07 Å². The van der Waals surface area contributed by atoms with Gasteiger partial charge in [-0.15, -0.1) is 5.10 Å². The van der Waals surface area contributed by atoms with Crippen molar-refractivity contribution in [2.45, 2.75) is 38.9 Å². The van der Waals surface area contributed by atoms with Crippen molar-refractivity contribution < 1.29 is 14.3 Å². The summed E-state index contributed by atoms with van der Waals surface area (Å²) in [5, 5.41) is 10.6. The molecule has 0 aromatic carbocycles.